The van der Waals surface area contributed by atoms with Gasteiger partial charge in [0.2, 0.25) is 0 Å². The van der Waals surface area contributed by atoms with Crippen molar-refractivity contribution in [2.75, 3.05) is 6.61 Å². The molecule has 0 amide bonds. The molecule has 2 aliphatic carbocycles. The first-order valence-corrected chi connectivity index (χ1v) is 14.7. The highest BCUT2D eigenvalue weighted by Gasteiger charge is 2.21. The van der Waals surface area contributed by atoms with Crippen molar-refractivity contribution in [3.8, 4) is 17.6 Å². The molecule has 2 fully saturated rings. The Morgan fingerprint density at radius 1 is 0.794 bits per heavy atom. The van der Waals surface area contributed by atoms with Gasteiger partial charge in [0.1, 0.15) is 5.75 Å². The van der Waals surface area contributed by atoms with Crippen LogP contribution in [0.3, 0.4) is 0 Å². The zero-order valence-electron chi connectivity index (χ0n) is 22.2. The predicted octanol–water partition coefficient (Wildman–Crippen LogP) is 9.55. The van der Waals surface area contributed by atoms with Gasteiger partial charge in [0.25, 0.3) is 0 Å². The Labute approximate surface area is 211 Å². The van der Waals surface area contributed by atoms with Gasteiger partial charge in [-0.2, -0.15) is 0 Å². The quantitative estimate of drug-likeness (QED) is 0.222. The highest BCUT2D eigenvalue weighted by molar-refractivity contribution is 5.27. The monoisotopic (exact) mass is 462 g/mol. The molecule has 2 aliphatic rings. The minimum atomic E-state index is 0.581. The molecule has 188 valence electrons. The summed E-state index contributed by atoms with van der Waals surface area (Å²) in [7, 11) is 0. The maximum Gasteiger partial charge on any atom is 0.119 e. The Morgan fingerprint density at radius 3 is 2.18 bits per heavy atom. The minimum Gasteiger partial charge on any atom is -0.493 e. The van der Waals surface area contributed by atoms with E-state index in [4.69, 9.17) is 4.74 Å². The molecule has 0 bridgehead atoms. The van der Waals surface area contributed by atoms with Gasteiger partial charge in [-0.3, -0.25) is 0 Å². The van der Waals surface area contributed by atoms with E-state index in [1.165, 1.54) is 108 Å². The molecule has 0 radical (unpaired) electrons. The molecular formula is C33H50O. The number of ether oxygens (including phenoxy) is 1. The largest absolute Gasteiger partial charge is 0.493 e. The van der Waals surface area contributed by atoms with Crippen molar-refractivity contribution < 1.29 is 4.74 Å². The van der Waals surface area contributed by atoms with Crippen molar-refractivity contribution in [1.82, 2.24) is 0 Å². The predicted molar refractivity (Wildman–Crippen MR) is 147 cm³/mol. The van der Waals surface area contributed by atoms with Crippen LogP contribution in [0.5, 0.6) is 5.75 Å². The zero-order chi connectivity index (χ0) is 23.8. The van der Waals surface area contributed by atoms with Gasteiger partial charge in [-0.25, -0.2) is 0 Å². The molecule has 0 aliphatic heterocycles. The molecule has 1 aromatic rings. The van der Waals surface area contributed by atoms with Gasteiger partial charge in [-0.05, 0) is 106 Å². The summed E-state index contributed by atoms with van der Waals surface area (Å²) in [6.45, 7) is 5.42. The Bertz CT molecular complexity index is 733. The standard InChI is InChI=1S/C33H50O/c1-3-5-7-11-28-15-17-29(18-16-28)13-9-10-14-30-19-21-32(22-20-30)27-34-33-25-23-31(24-26-33)12-8-6-4-2/h9,13,23-26,28-30,32H,3-8,11-12,15-22,27H2,1-2H3/b13-9+/t28-,29-,30?,32?. The summed E-state index contributed by atoms with van der Waals surface area (Å²) < 4.78 is 6.11. The highest BCUT2D eigenvalue weighted by atomic mass is 16.5. The molecule has 2 saturated carbocycles. The van der Waals surface area contributed by atoms with Crippen molar-refractivity contribution >= 4 is 0 Å². The van der Waals surface area contributed by atoms with Crippen LogP contribution in [-0.4, -0.2) is 6.61 Å². The number of unbranched alkanes of at least 4 members (excludes halogenated alkanes) is 4. The number of benzene rings is 1. The van der Waals surface area contributed by atoms with Crippen molar-refractivity contribution in [2.45, 2.75) is 117 Å². The first kappa shape index (κ1) is 26.9. The van der Waals surface area contributed by atoms with E-state index >= 15 is 0 Å². The van der Waals surface area contributed by atoms with Gasteiger partial charge >= 0.3 is 0 Å². The van der Waals surface area contributed by atoms with Gasteiger partial charge in [0, 0.05) is 5.92 Å². The van der Waals surface area contributed by atoms with Crippen LogP contribution < -0.4 is 4.74 Å². The number of allylic oxidation sites excluding steroid dienone is 2. The Morgan fingerprint density at radius 2 is 1.47 bits per heavy atom. The van der Waals surface area contributed by atoms with E-state index in [1.807, 2.05) is 0 Å². The topological polar surface area (TPSA) is 9.23 Å². The van der Waals surface area contributed by atoms with Crippen LogP contribution in [0.25, 0.3) is 0 Å². The third-order valence-corrected chi connectivity index (χ3v) is 8.17. The number of aryl methyl sites for hydroxylation is 1. The fraction of sp³-hybridized carbons (Fsp3) is 0.697. The highest BCUT2D eigenvalue weighted by Crippen LogP contribution is 2.33. The van der Waals surface area contributed by atoms with Crippen LogP contribution in [0.15, 0.2) is 36.4 Å². The molecule has 0 atom stereocenters. The molecule has 0 heterocycles. The zero-order valence-corrected chi connectivity index (χ0v) is 22.2. The van der Waals surface area contributed by atoms with Crippen molar-refractivity contribution in [3.05, 3.63) is 42.0 Å². The lowest BCUT2D eigenvalue weighted by Crippen LogP contribution is -2.19. The van der Waals surface area contributed by atoms with Crippen LogP contribution in [0, 0.1) is 35.5 Å². The molecule has 34 heavy (non-hydrogen) atoms. The molecule has 1 heteroatoms. The van der Waals surface area contributed by atoms with Gasteiger partial charge in [-0.15, -0.1) is 0 Å². The average molecular weight is 463 g/mol. The van der Waals surface area contributed by atoms with Gasteiger partial charge in [-0.1, -0.05) is 82.4 Å². The smallest absolute Gasteiger partial charge is 0.119 e. The summed E-state index contributed by atoms with van der Waals surface area (Å²) in [5.74, 6) is 11.0. The SMILES string of the molecule is CCCCCc1ccc(OCC2CCC(C#C/C=C/[C@H]3CC[C@H](CCCCC)CC3)CC2)cc1. The molecule has 0 spiro atoms. The van der Waals surface area contributed by atoms with Gasteiger partial charge < -0.3 is 4.74 Å². The summed E-state index contributed by atoms with van der Waals surface area (Å²) in [5, 5.41) is 0. The van der Waals surface area contributed by atoms with Gasteiger partial charge in [0.15, 0.2) is 0 Å². The molecule has 3 rings (SSSR count). The summed E-state index contributed by atoms with van der Waals surface area (Å²) in [5.41, 5.74) is 1.43. The van der Waals surface area contributed by atoms with E-state index in [2.05, 4.69) is 62.1 Å². The van der Waals surface area contributed by atoms with E-state index in [9.17, 15) is 0 Å². The van der Waals surface area contributed by atoms with Crippen molar-refractivity contribution in [1.29, 1.82) is 0 Å². The van der Waals surface area contributed by atoms with Crippen molar-refractivity contribution in [3.63, 3.8) is 0 Å². The first-order valence-electron chi connectivity index (χ1n) is 14.7. The van der Waals surface area contributed by atoms with E-state index in [0.29, 0.717) is 11.8 Å². The van der Waals surface area contributed by atoms with Crippen LogP contribution >= 0.6 is 0 Å². The maximum absolute atomic E-state index is 6.11. The molecule has 0 N–H and O–H groups in total. The van der Waals surface area contributed by atoms with Crippen LogP contribution in [0.4, 0.5) is 0 Å². The molecule has 1 nitrogen and oxygen atoms in total. The van der Waals surface area contributed by atoms with Crippen LogP contribution in [0.2, 0.25) is 0 Å². The molecule has 0 unspecified atom stereocenters. The lowest BCUT2D eigenvalue weighted by molar-refractivity contribution is 0.196. The Hall–Kier alpha value is -1.68. The molecule has 0 aromatic heterocycles. The lowest BCUT2D eigenvalue weighted by atomic mass is 9.79. The first-order chi connectivity index (χ1) is 16.8. The number of hydrogen-bond acceptors (Lipinski definition) is 1. The van der Waals surface area contributed by atoms with Gasteiger partial charge in [0.05, 0.1) is 6.61 Å². The van der Waals surface area contributed by atoms with E-state index in [0.717, 1.165) is 24.2 Å². The summed E-state index contributed by atoms with van der Waals surface area (Å²) >= 11 is 0. The fourth-order valence-electron chi connectivity index (χ4n) is 5.72. The molecular weight excluding hydrogens is 412 g/mol. The average Bonchev–Trinajstić information content (AvgIpc) is 2.88. The summed E-state index contributed by atoms with van der Waals surface area (Å²) in [4.78, 5) is 0. The summed E-state index contributed by atoms with van der Waals surface area (Å²) in [6, 6.07) is 8.79. The van der Waals surface area contributed by atoms with E-state index in [-0.39, 0.29) is 0 Å². The Balaban J connectivity index is 1.27. The number of rotatable bonds is 12. The molecule has 0 saturated heterocycles. The second-order valence-electron chi connectivity index (χ2n) is 11.1. The summed E-state index contributed by atoms with van der Waals surface area (Å²) in [6.07, 6.45) is 25.9. The third-order valence-electron chi connectivity index (χ3n) is 8.17. The van der Waals surface area contributed by atoms with Crippen molar-refractivity contribution in [2.24, 2.45) is 23.7 Å². The second-order valence-corrected chi connectivity index (χ2v) is 11.1. The number of hydrogen-bond donors (Lipinski definition) is 0. The fourth-order valence-corrected chi connectivity index (χ4v) is 5.72. The minimum absolute atomic E-state index is 0.581. The Kier molecular flexibility index (Phi) is 12.7. The van der Waals surface area contributed by atoms with E-state index in [1.54, 1.807) is 0 Å². The maximum atomic E-state index is 6.11. The third kappa shape index (κ3) is 10.3. The van der Waals surface area contributed by atoms with E-state index < -0.39 is 0 Å². The lowest BCUT2D eigenvalue weighted by Gasteiger charge is -2.26. The van der Waals surface area contributed by atoms with Crippen LogP contribution in [-0.2, 0) is 6.42 Å². The van der Waals surface area contributed by atoms with Crippen LogP contribution in [0.1, 0.15) is 116 Å². The molecule has 1 aromatic carbocycles. The normalized spacial score (nSPS) is 25.1. The second kappa shape index (κ2) is 16.1.